The monoisotopic (exact) mass is 449 g/mol. The molecule has 1 fully saturated rings. The molecule has 172 valence electrons. The van der Waals surface area contributed by atoms with Gasteiger partial charge in [-0.25, -0.2) is 14.3 Å². The highest BCUT2D eigenvalue weighted by atomic mass is 19.4. The Morgan fingerprint density at radius 3 is 2.69 bits per heavy atom. The lowest BCUT2D eigenvalue weighted by Gasteiger charge is -2.26. The molecule has 10 heteroatoms. The number of urea groups is 1. The summed E-state index contributed by atoms with van der Waals surface area (Å²) in [7, 11) is 1.45. The number of alkyl halides is 3. The largest absolute Gasteiger partial charge is 0.410 e. The second kappa shape index (κ2) is 8.06. The third-order valence-electron chi connectivity index (χ3n) is 6.83. The lowest BCUT2D eigenvalue weighted by Crippen LogP contribution is -2.40. The lowest BCUT2D eigenvalue weighted by molar-refractivity contribution is -0.150. The zero-order chi connectivity index (χ0) is 22.5. The molecule has 0 radical (unpaired) electrons. The number of imidazole rings is 1. The predicted molar refractivity (Wildman–Crippen MR) is 110 cm³/mol. The Balaban J connectivity index is 1.34. The van der Waals surface area contributed by atoms with E-state index in [-0.39, 0.29) is 6.61 Å². The molecule has 2 aliphatic carbocycles. The Bertz CT molecular complexity index is 1050. The summed E-state index contributed by atoms with van der Waals surface area (Å²) in [6.45, 7) is -0.413. The van der Waals surface area contributed by atoms with Gasteiger partial charge in [0.15, 0.2) is 5.65 Å². The summed E-state index contributed by atoms with van der Waals surface area (Å²) in [5, 5.41) is 6.42. The highest BCUT2D eigenvalue weighted by molar-refractivity contribution is 5.77. The maximum Gasteiger partial charge on any atom is 0.410 e. The number of carbonyl (C=O) groups excluding carboxylic acids is 1. The standard InChI is InChI=1S/C22H26F3N5O2/c1-32-12-18(29-11-19(22(23,24)25)28-21(29)31)16-8-20-27-17(10-30(20)26-9-16)7-13-5-14-3-2-4-15(14)6-13/h8-10,13,18-19H,2-7,11-12H2,1H3,(H,28,31)/t18-,19+/m1/s1. The van der Waals surface area contributed by atoms with Crippen LogP contribution in [0.25, 0.3) is 5.65 Å². The number of halogens is 3. The van der Waals surface area contributed by atoms with E-state index in [1.54, 1.807) is 27.9 Å². The molecule has 1 aliphatic heterocycles. The Morgan fingerprint density at radius 2 is 2.03 bits per heavy atom. The van der Waals surface area contributed by atoms with Crippen LogP contribution in [0.5, 0.6) is 0 Å². The number of nitrogens with zero attached hydrogens (tertiary/aromatic N) is 4. The Kier molecular flexibility index (Phi) is 5.35. The number of carbonyl (C=O) groups is 1. The number of allylic oxidation sites excluding steroid dienone is 2. The molecule has 7 nitrogen and oxygen atoms in total. The minimum Gasteiger partial charge on any atom is -0.382 e. The summed E-state index contributed by atoms with van der Waals surface area (Å²) in [6, 6.07) is -1.57. The molecule has 3 aliphatic rings. The SMILES string of the molecule is COC[C@H](c1cnn2cc(CC3CC4=C(CCC4)C3)nc2c1)N1C[C@@H](C(F)(F)F)NC1=O. The van der Waals surface area contributed by atoms with Gasteiger partial charge in [-0.1, -0.05) is 11.1 Å². The number of hydrogen-bond donors (Lipinski definition) is 1. The Morgan fingerprint density at radius 1 is 1.28 bits per heavy atom. The number of ether oxygens (including phenoxy) is 1. The van der Waals surface area contributed by atoms with Crippen molar-refractivity contribution in [2.45, 2.75) is 56.8 Å². The molecule has 3 heterocycles. The predicted octanol–water partition coefficient (Wildman–Crippen LogP) is 3.81. The summed E-state index contributed by atoms with van der Waals surface area (Å²) in [5.74, 6) is 0.582. The van der Waals surface area contributed by atoms with Crippen molar-refractivity contribution in [1.82, 2.24) is 24.8 Å². The van der Waals surface area contributed by atoms with Gasteiger partial charge in [-0.05, 0) is 50.5 Å². The molecule has 5 rings (SSSR count). The number of rotatable bonds is 6. The third kappa shape index (κ3) is 3.96. The van der Waals surface area contributed by atoms with Gasteiger partial charge >= 0.3 is 12.2 Å². The Labute approximate surface area is 183 Å². The van der Waals surface area contributed by atoms with Crippen molar-refractivity contribution in [3.8, 4) is 0 Å². The average Bonchev–Trinajstić information content (AvgIpc) is 3.48. The zero-order valence-electron chi connectivity index (χ0n) is 17.9. The molecule has 0 saturated carbocycles. The van der Waals surface area contributed by atoms with Crippen LogP contribution in [0.15, 0.2) is 29.6 Å². The van der Waals surface area contributed by atoms with Gasteiger partial charge in [-0.15, -0.1) is 0 Å². The van der Waals surface area contributed by atoms with Gasteiger partial charge in [-0.3, -0.25) is 0 Å². The fraction of sp³-hybridized carbons (Fsp3) is 0.591. The first-order valence-electron chi connectivity index (χ1n) is 11.0. The van der Waals surface area contributed by atoms with E-state index in [1.165, 1.54) is 26.4 Å². The molecule has 2 aromatic heterocycles. The fourth-order valence-corrected chi connectivity index (χ4v) is 5.33. The van der Waals surface area contributed by atoms with Gasteiger partial charge < -0.3 is 15.0 Å². The van der Waals surface area contributed by atoms with Crippen molar-refractivity contribution < 1.29 is 22.7 Å². The molecule has 0 spiro atoms. The number of hydrogen-bond acceptors (Lipinski definition) is 4. The van der Waals surface area contributed by atoms with Crippen molar-refractivity contribution in [2.75, 3.05) is 20.3 Å². The Hall–Kier alpha value is -2.62. The normalized spacial score (nSPS) is 22.8. The number of nitrogens with one attached hydrogen (secondary N) is 1. The lowest BCUT2D eigenvalue weighted by atomic mass is 9.96. The average molecular weight is 449 g/mol. The third-order valence-corrected chi connectivity index (χ3v) is 6.83. The maximum atomic E-state index is 13.1. The number of aromatic nitrogens is 3. The van der Waals surface area contributed by atoms with Crippen molar-refractivity contribution >= 4 is 11.7 Å². The van der Waals surface area contributed by atoms with E-state index in [2.05, 4.69) is 5.10 Å². The van der Waals surface area contributed by atoms with E-state index in [0.717, 1.165) is 29.9 Å². The first-order valence-corrected chi connectivity index (χ1v) is 11.0. The summed E-state index contributed by atoms with van der Waals surface area (Å²) < 4.78 is 46.2. The zero-order valence-corrected chi connectivity index (χ0v) is 17.9. The van der Waals surface area contributed by atoms with E-state index in [4.69, 9.17) is 9.72 Å². The second-order valence-corrected chi connectivity index (χ2v) is 9.03. The van der Waals surface area contributed by atoms with E-state index < -0.39 is 30.8 Å². The summed E-state index contributed by atoms with van der Waals surface area (Å²) >= 11 is 0. The van der Waals surface area contributed by atoms with Crippen molar-refractivity contribution in [3.05, 3.63) is 40.9 Å². The quantitative estimate of drug-likeness (QED) is 0.681. The molecule has 0 bridgehead atoms. The van der Waals surface area contributed by atoms with Gasteiger partial charge in [-0.2, -0.15) is 18.3 Å². The van der Waals surface area contributed by atoms with Crippen LogP contribution in [0.3, 0.4) is 0 Å². The van der Waals surface area contributed by atoms with Gasteiger partial charge in [0.1, 0.15) is 6.04 Å². The van der Waals surface area contributed by atoms with Crippen LogP contribution >= 0.6 is 0 Å². The van der Waals surface area contributed by atoms with Crippen LogP contribution in [0.2, 0.25) is 0 Å². The van der Waals surface area contributed by atoms with E-state index in [0.29, 0.717) is 17.1 Å². The molecule has 0 aromatic carbocycles. The first kappa shape index (κ1) is 21.2. The molecular weight excluding hydrogens is 423 g/mol. The molecule has 2 aromatic rings. The van der Waals surface area contributed by atoms with E-state index >= 15 is 0 Å². The fourth-order valence-electron chi connectivity index (χ4n) is 5.33. The number of amides is 2. The van der Waals surface area contributed by atoms with Gasteiger partial charge in [0.05, 0.1) is 37.3 Å². The summed E-state index contributed by atoms with van der Waals surface area (Å²) in [6.07, 6.45) is 5.94. The smallest absolute Gasteiger partial charge is 0.382 e. The van der Waals surface area contributed by atoms with Crippen LogP contribution in [-0.2, 0) is 11.2 Å². The highest BCUT2D eigenvalue weighted by Crippen LogP contribution is 2.42. The second-order valence-electron chi connectivity index (χ2n) is 9.03. The summed E-state index contributed by atoms with van der Waals surface area (Å²) in [4.78, 5) is 18.2. The summed E-state index contributed by atoms with van der Waals surface area (Å²) in [5.41, 5.74) is 5.45. The van der Waals surface area contributed by atoms with Crippen LogP contribution < -0.4 is 5.32 Å². The molecule has 0 unspecified atom stereocenters. The number of fused-ring (bicyclic) bond motifs is 1. The molecular formula is C22H26F3N5O2. The molecule has 32 heavy (non-hydrogen) atoms. The van der Waals surface area contributed by atoms with Crippen molar-refractivity contribution in [2.24, 2.45) is 5.92 Å². The highest BCUT2D eigenvalue weighted by Gasteiger charge is 2.48. The minimum atomic E-state index is -4.50. The molecule has 1 N–H and O–H groups in total. The van der Waals surface area contributed by atoms with Crippen LogP contribution in [0, 0.1) is 5.92 Å². The minimum absolute atomic E-state index is 0.0582. The van der Waals surface area contributed by atoms with Crippen molar-refractivity contribution in [3.63, 3.8) is 0 Å². The van der Waals surface area contributed by atoms with Crippen LogP contribution in [0.1, 0.15) is 49.4 Å². The maximum absolute atomic E-state index is 13.1. The molecule has 2 atom stereocenters. The topological polar surface area (TPSA) is 71.8 Å². The van der Waals surface area contributed by atoms with E-state index in [9.17, 15) is 18.0 Å². The molecule has 2 amide bonds. The van der Waals surface area contributed by atoms with Crippen LogP contribution in [-0.4, -0.2) is 58.0 Å². The first-order chi connectivity index (χ1) is 15.3. The van der Waals surface area contributed by atoms with Crippen LogP contribution in [0.4, 0.5) is 18.0 Å². The van der Waals surface area contributed by atoms with Gasteiger partial charge in [0, 0.05) is 12.7 Å². The molecule has 1 saturated heterocycles. The van der Waals surface area contributed by atoms with Gasteiger partial charge in [0.2, 0.25) is 0 Å². The number of methoxy groups -OCH3 is 1. The van der Waals surface area contributed by atoms with E-state index in [1.807, 2.05) is 11.5 Å². The van der Waals surface area contributed by atoms with Gasteiger partial charge in [0.25, 0.3) is 0 Å². The van der Waals surface area contributed by atoms with Crippen molar-refractivity contribution in [1.29, 1.82) is 0 Å².